The first-order chi connectivity index (χ1) is 9.15. The van der Waals surface area contributed by atoms with Crippen LogP contribution in [-0.2, 0) is 11.3 Å². The number of anilines is 1. The van der Waals surface area contributed by atoms with Crippen molar-refractivity contribution in [2.24, 2.45) is 0 Å². The first-order valence-electron chi connectivity index (χ1n) is 5.93. The van der Waals surface area contributed by atoms with Crippen LogP contribution in [-0.4, -0.2) is 12.5 Å². The number of carbonyl (C=O) groups is 1. The van der Waals surface area contributed by atoms with Crippen LogP contribution in [0.2, 0.25) is 5.02 Å². The number of nitrogens with one attached hydrogen (secondary N) is 2. The van der Waals surface area contributed by atoms with E-state index in [9.17, 15) is 4.79 Å². The lowest BCUT2D eigenvalue weighted by molar-refractivity contribution is -0.115. The Balaban J connectivity index is 1.82. The topological polar surface area (TPSA) is 54.3 Å². The van der Waals surface area contributed by atoms with Crippen LogP contribution < -0.4 is 10.6 Å². The first-order valence-corrected chi connectivity index (χ1v) is 6.31. The van der Waals surface area contributed by atoms with Crippen molar-refractivity contribution in [3.8, 4) is 0 Å². The summed E-state index contributed by atoms with van der Waals surface area (Å²) in [6, 6.07) is 7.26. The van der Waals surface area contributed by atoms with Gasteiger partial charge in [0, 0.05) is 22.8 Å². The average molecular weight is 279 g/mol. The van der Waals surface area contributed by atoms with E-state index in [1.165, 1.54) is 0 Å². The molecule has 1 heterocycles. The third-order valence-electron chi connectivity index (χ3n) is 2.67. The van der Waals surface area contributed by atoms with Gasteiger partial charge in [0.2, 0.25) is 5.91 Å². The van der Waals surface area contributed by atoms with E-state index in [0.29, 0.717) is 11.6 Å². The van der Waals surface area contributed by atoms with Crippen LogP contribution in [0.4, 0.5) is 5.69 Å². The molecule has 0 fully saturated rings. The van der Waals surface area contributed by atoms with Crippen molar-refractivity contribution in [1.82, 2.24) is 5.32 Å². The molecule has 1 aromatic heterocycles. The minimum atomic E-state index is -0.103. The average Bonchev–Trinajstić information content (AvgIpc) is 2.87. The summed E-state index contributed by atoms with van der Waals surface area (Å²) >= 11 is 5.89. The van der Waals surface area contributed by atoms with Gasteiger partial charge in [-0.3, -0.25) is 4.79 Å². The Labute approximate surface area is 116 Å². The van der Waals surface area contributed by atoms with Crippen molar-refractivity contribution in [2.75, 3.05) is 11.9 Å². The van der Waals surface area contributed by atoms with Gasteiger partial charge in [0.25, 0.3) is 0 Å². The normalized spacial score (nSPS) is 10.4. The van der Waals surface area contributed by atoms with E-state index in [1.54, 1.807) is 24.7 Å². The highest BCUT2D eigenvalue weighted by molar-refractivity contribution is 6.31. The Morgan fingerprint density at radius 3 is 2.95 bits per heavy atom. The monoisotopic (exact) mass is 278 g/mol. The second-order valence-electron chi connectivity index (χ2n) is 4.24. The van der Waals surface area contributed by atoms with Gasteiger partial charge >= 0.3 is 0 Å². The second kappa shape index (κ2) is 6.41. The SMILES string of the molecule is Cc1ccc(Cl)cc1NC(=O)CNCc1ccoc1. The molecule has 0 atom stereocenters. The number of halogens is 1. The van der Waals surface area contributed by atoms with E-state index < -0.39 is 0 Å². The van der Waals surface area contributed by atoms with Gasteiger partial charge in [0.1, 0.15) is 0 Å². The van der Waals surface area contributed by atoms with Crippen molar-refractivity contribution in [3.63, 3.8) is 0 Å². The Kier molecular flexibility index (Phi) is 4.60. The lowest BCUT2D eigenvalue weighted by Crippen LogP contribution is -2.27. The maximum atomic E-state index is 11.8. The molecule has 1 aromatic carbocycles. The van der Waals surface area contributed by atoms with Crippen LogP contribution in [0.25, 0.3) is 0 Å². The summed E-state index contributed by atoms with van der Waals surface area (Å²) in [4.78, 5) is 11.8. The van der Waals surface area contributed by atoms with Gasteiger partial charge < -0.3 is 15.1 Å². The molecule has 0 aliphatic carbocycles. The number of hydrogen-bond acceptors (Lipinski definition) is 3. The summed E-state index contributed by atoms with van der Waals surface area (Å²) < 4.78 is 4.94. The number of benzene rings is 1. The molecule has 2 N–H and O–H groups in total. The lowest BCUT2D eigenvalue weighted by atomic mass is 10.2. The molecule has 0 bridgehead atoms. The third-order valence-corrected chi connectivity index (χ3v) is 2.90. The zero-order valence-corrected chi connectivity index (χ0v) is 11.3. The van der Waals surface area contributed by atoms with Crippen LogP contribution in [0, 0.1) is 6.92 Å². The number of aryl methyl sites for hydroxylation is 1. The molecule has 2 rings (SSSR count). The van der Waals surface area contributed by atoms with Gasteiger partial charge in [-0.25, -0.2) is 0 Å². The largest absolute Gasteiger partial charge is 0.472 e. The highest BCUT2D eigenvalue weighted by Crippen LogP contribution is 2.19. The minimum absolute atomic E-state index is 0.103. The number of hydrogen-bond donors (Lipinski definition) is 2. The van der Waals surface area contributed by atoms with Gasteiger partial charge in [-0.05, 0) is 30.7 Å². The molecule has 100 valence electrons. The van der Waals surface area contributed by atoms with Crippen LogP contribution in [0.15, 0.2) is 41.2 Å². The Bertz CT molecular complexity index is 553. The van der Waals surface area contributed by atoms with Crippen LogP contribution in [0.5, 0.6) is 0 Å². The molecular weight excluding hydrogens is 264 g/mol. The Morgan fingerprint density at radius 2 is 2.21 bits per heavy atom. The van der Waals surface area contributed by atoms with Crippen molar-refractivity contribution >= 4 is 23.2 Å². The van der Waals surface area contributed by atoms with Crippen LogP contribution >= 0.6 is 11.6 Å². The highest BCUT2D eigenvalue weighted by Gasteiger charge is 2.05. The maximum Gasteiger partial charge on any atom is 0.238 e. The van der Waals surface area contributed by atoms with Crippen LogP contribution in [0.1, 0.15) is 11.1 Å². The summed E-state index contributed by atoms with van der Waals surface area (Å²) in [7, 11) is 0. The zero-order chi connectivity index (χ0) is 13.7. The fraction of sp³-hybridized carbons (Fsp3) is 0.214. The Hall–Kier alpha value is -1.78. The second-order valence-corrected chi connectivity index (χ2v) is 4.68. The van der Waals surface area contributed by atoms with E-state index in [-0.39, 0.29) is 12.5 Å². The summed E-state index contributed by atoms with van der Waals surface area (Å²) in [6.07, 6.45) is 3.25. The molecule has 0 radical (unpaired) electrons. The minimum Gasteiger partial charge on any atom is -0.472 e. The molecular formula is C14H15ClN2O2. The molecule has 0 aliphatic heterocycles. The lowest BCUT2D eigenvalue weighted by Gasteiger charge is -2.09. The molecule has 0 saturated heterocycles. The van der Waals surface area contributed by atoms with Gasteiger partial charge in [0.05, 0.1) is 19.1 Å². The highest BCUT2D eigenvalue weighted by atomic mass is 35.5. The van der Waals surface area contributed by atoms with Crippen molar-refractivity contribution < 1.29 is 9.21 Å². The molecule has 1 amide bonds. The van der Waals surface area contributed by atoms with E-state index in [4.69, 9.17) is 16.0 Å². The van der Waals surface area contributed by atoms with Gasteiger partial charge in [-0.15, -0.1) is 0 Å². The smallest absolute Gasteiger partial charge is 0.238 e. The molecule has 4 nitrogen and oxygen atoms in total. The predicted molar refractivity (Wildman–Crippen MR) is 75.2 cm³/mol. The fourth-order valence-corrected chi connectivity index (χ4v) is 1.81. The Morgan fingerprint density at radius 1 is 1.37 bits per heavy atom. The molecule has 0 saturated carbocycles. The van der Waals surface area contributed by atoms with E-state index >= 15 is 0 Å². The molecule has 2 aromatic rings. The van der Waals surface area contributed by atoms with Crippen molar-refractivity contribution in [2.45, 2.75) is 13.5 Å². The fourth-order valence-electron chi connectivity index (χ4n) is 1.64. The maximum absolute atomic E-state index is 11.8. The van der Waals surface area contributed by atoms with Gasteiger partial charge in [-0.1, -0.05) is 17.7 Å². The van der Waals surface area contributed by atoms with E-state index in [1.807, 2.05) is 19.1 Å². The molecule has 0 spiro atoms. The number of furan rings is 1. The number of amides is 1. The van der Waals surface area contributed by atoms with Crippen molar-refractivity contribution in [1.29, 1.82) is 0 Å². The number of carbonyl (C=O) groups excluding carboxylic acids is 1. The van der Waals surface area contributed by atoms with Crippen molar-refractivity contribution in [3.05, 3.63) is 52.9 Å². The molecule has 5 heteroatoms. The summed E-state index contributed by atoms with van der Waals surface area (Å²) in [5.74, 6) is -0.103. The van der Waals surface area contributed by atoms with E-state index in [0.717, 1.165) is 16.8 Å². The van der Waals surface area contributed by atoms with E-state index in [2.05, 4.69) is 10.6 Å². The molecule has 0 unspecified atom stereocenters. The summed E-state index contributed by atoms with van der Waals surface area (Å²) in [5, 5.41) is 6.46. The third kappa shape index (κ3) is 4.12. The standard InChI is InChI=1S/C14H15ClN2O2/c1-10-2-3-12(15)6-13(10)17-14(18)8-16-7-11-4-5-19-9-11/h2-6,9,16H,7-8H2,1H3,(H,17,18). The molecule has 19 heavy (non-hydrogen) atoms. The first kappa shape index (κ1) is 13.6. The zero-order valence-electron chi connectivity index (χ0n) is 10.6. The molecule has 0 aliphatic rings. The van der Waals surface area contributed by atoms with Crippen LogP contribution in [0.3, 0.4) is 0 Å². The summed E-state index contributed by atoms with van der Waals surface area (Å²) in [5.41, 5.74) is 2.72. The van der Waals surface area contributed by atoms with Gasteiger partial charge in [0.15, 0.2) is 0 Å². The summed E-state index contributed by atoms with van der Waals surface area (Å²) in [6.45, 7) is 2.75. The predicted octanol–water partition coefficient (Wildman–Crippen LogP) is 2.97. The number of rotatable bonds is 5. The van der Waals surface area contributed by atoms with Gasteiger partial charge in [-0.2, -0.15) is 0 Å². The quantitative estimate of drug-likeness (QED) is 0.884.